The molecule has 0 saturated carbocycles. The van der Waals surface area contributed by atoms with Gasteiger partial charge in [0.1, 0.15) is 0 Å². The molecule has 12 aromatic rings. The van der Waals surface area contributed by atoms with E-state index in [0.29, 0.717) is 0 Å². The van der Waals surface area contributed by atoms with Crippen LogP contribution in [0, 0.1) is 0 Å². The lowest BCUT2D eigenvalue weighted by atomic mass is 9.98. The molecule has 0 unspecified atom stereocenters. The van der Waals surface area contributed by atoms with Gasteiger partial charge in [-0.05, 0) is 113 Å². The van der Waals surface area contributed by atoms with Crippen molar-refractivity contribution in [3.63, 3.8) is 0 Å². The molecule has 3 aromatic heterocycles. The molecule has 0 spiro atoms. The number of nitrogens with zero attached hydrogens (tertiary/aromatic N) is 3. The number of benzene rings is 9. The second-order valence-corrected chi connectivity index (χ2v) is 15.0. The van der Waals surface area contributed by atoms with E-state index in [9.17, 15) is 0 Å². The smallest absolute Gasteiger partial charge is 0.0547 e. The Morgan fingerprint density at radius 3 is 0.947 bits per heavy atom. The quantitative estimate of drug-likeness (QED) is 0.168. The second kappa shape index (κ2) is 12.5. The van der Waals surface area contributed by atoms with Crippen LogP contribution in [0.3, 0.4) is 0 Å². The minimum Gasteiger partial charge on any atom is -0.309 e. The molecule has 0 amide bonds. The Labute approximate surface area is 329 Å². The van der Waals surface area contributed by atoms with Crippen molar-refractivity contribution in [1.29, 1.82) is 0 Å². The van der Waals surface area contributed by atoms with Crippen molar-refractivity contribution in [3.05, 3.63) is 212 Å². The SMILES string of the molecule is c1ccc(-n2c3ccccc3c3cc(-c4ccc5c(c4)c4cc(-c6ccc7c8ccccc8n(-c8ccccc8)c7c6)ccc4n5-c4ccccc4)ccc32)cc1. The van der Waals surface area contributed by atoms with Gasteiger partial charge in [0.25, 0.3) is 0 Å². The van der Waals surface area contributed by atoms with Gasteiger partial charge in [-0.3, -0.25) is 0 Å². The number of aromatic nitrogens is 3. The molecule has 266 valence electrons. The number of hydrogen-bond donors (Lipinski definition) is 0. The fourth-order valence-corrected chi connectivity index (χ4v) is 9.25. The molecular formula is C54H35N3. The third-order valence-corrected chi connectivity index (χ3v) is 11.8. The highest BCUT2D eigenvalue weighted by Crippen LogP contribution is 2.41. The highest BCUT2D eigenvalue weighted by molar-refractivity contribution is 6.14. The summed E-state index contributed by atoms with van der Waals surface area (Å²) in [5.41, 5.74) is 15.5. The molecule has 57 heavy (non-hydrogen) atoms. The van der Waals surface area contributed by atoms with Crippen LogP contribution in [0.1, 0.15) is 0 Å². The molecule has 0 atom stereocenters. The lowest BCUT2D eigenvalue weighted by molar-refractivity contribution is 1.18. The van der Waals surface area contributed by atoms with E-state index in [0.717, 1.165) is 11.4 Å². The molecule has 0 aliphatic rings. The van der Waals surface area contributed by atoms with Gasteiger partial charge < -0.3 is 13.7 Å². The number of fused-ring (bicyclic) bond motifs is 9. The molecule has 0 saturated heterocycles. The summed E-state index contributed by atoms with van der Waals surface area (Å²) in [6.45, 7) is 0. The highest BCUT2D eigenvalue weighted by Gasteiger charge is 2.18. The monoisotopic (exact) mass is 725 g/mol. The fourth-order valence-electron chi connectivity index (χ4n) is 9.25. The van der Waals surface area contributed by atoms with Crippen LogP contribution in [-0.4, -0.2) is 13.7 Å². The van der Waals surface area contributed by atoms with Gasteiger partial charge in [-0.15, -0.1) is 0 Å². The molecular weight excluding hydrogens is 691 g/mol. The van der Waals surface area contributed by atoms with Gasteiger partial charge in [0, 0.05) is 49.4 Å². The summed E-state index contributed by atoms with van der Waals surface area (Å²) in [6, 6.07) is 77.5. The van der Waals surface area contributed by atoms with Crippen molar-refractivity contribution in [1.82, 2.24) is 13.7 Å². The van der Waals surface area contributed by atoms with Gasteiger partial charge in [0.15, 0.2) is 0 Å². The van der Waals surface area contributed by atoms with Crippen LogP contribution in [0.2, 0.25) is 0 Å². The van der Waals surface area contributed by atoms with Gasteiger partial charge in [-0.2, -0.15) is 0 Å². The maximum absolute atomic E-state index is 2.41. The van der Waals surface area contributed by atoms with E-state index in [-0.39, 0.29) is 0 Å². The first-order valence-corrected chi connectivity index (χ1v) is 19.6. The first-order valence-electron chi connectivity index (χ1n) is 19.6. The van der Waals surface area contributed by atoms with Crippen LogP contribution in [0.4, 0.5) is 0 Å². The van der Waals surface area contributed by atoms with E-state index in [2.05, 4.69) is 226 Å². The summed E-state index contributed by atoms with van der Waals surface area (Å²) >= 11 is 0. The molecule has 9 aromatic carbocycles. The fraction of sp³-hybridized carbons (Fsp3) is 0. The summed E-state index contributed by atoms with van der Waals surface area (Å²) < 4.78 is 7.18. The zero-order valence-corrected chi connectivity index (χ0v) is 31.0. The van der Waals surface area contributed by atoms with Gasteiger partial charge in [0.05, 0.1) is 33.1 Å². The number of rotatable bonds is 5. The average molecular weight is 726 g/mol. The number of para-hydroxylation sites is 5. The first kappa shape index (κ1) is 31.7. The Balaban J connectivity index is 1.06. The third kappa shape index (κ3) is 4.86. The molecule has 3 heteroatoms. The van der Waals surface area contributed by atoms with Crippen LogP contribution < -0.4 is 0 Å². The maximum atomic E-state index is 2.41. The predicted octanol–water partition coefficient (Wildman–Crippen LogP) is 14.3. The normalized spacial score (nSPS) is 11.9. The van der Waals surface area contributed by atoms with E-state index < -0.39 is 0 Å². The van der Waals surface area contributed by atoms with Crippen molar-refractivity contribution in [3.8, 4) is 39.3 Å². The molecule has 3 heterocycles. The summed E-state index contributed by atoms with van der Waals surface area (Å²) in [7, 11) is 0. The molecule has 0 aliphatic heterocycles. The summed E-state index contributed by atoms with van der Waals surface area (Å²) in [4.78, 5) is 0. The molecule has 0 radical (unpaired) electrons. The van der Waals surface area contributed by atoms with Crippen LogP contribution in [0.25, 0.3) is 105 Å². The van der Waals surface area contributed by atoms with Crippen molar-refractivity contribution < 1.29 is 0 Å². The largest absolute Gasteiger partial charge is 0.309 e. The van der Waals surface area contributed by atoms with E-state index in [1.165, 1.54) is 93.4 Å². The van der Waals surface area contributed by atoms with E-state index >= 15 is 0 Å². The van der Waals surface area contributed by atoms with E-state index in [4.69, 9.17) is 0 Å². The Morgan fingerprint density at radius 1 is 0.193 bits per heavy atom. The highest BCUT2D eigenvalue weighted by atomic mass is 15.0. The third-order valence-electron chi connectivity index (χ3n) is 11.8. The summed E-state index contributed by atoms with van der Waals surface area (Å²) in [6.07, 6.45) is 0. The Hall–Kier alpha value is -7.62. The molecule has 0 bridgehead atoms. The Bertz CT molecular complexity index is 3500. The second-order valence-electron chi connectivity index (χ2n) is 15.0. The van der Waals surface area contributed by atoms with Gasteiger partial charge in [-0.1, -0.05) is 121 Å². The topological polar surface area (TPSA) is 14.8 Å². The maximum Gasteiger partial charge on any atom is 0.0547 e. The predicted molar refractivity (Wildman–Crippen MR) is 240 cm³/mol. The van der Waals surface area contributed by atoms with Crippen LogP contribution in [0.15, 0.2) is 212 Å². The van der Waals surface area contributed by atoms with Crippen LogP contribution in [-0.2, 0) is 0 Å². The minimum absolute atomic E-state index is 1.15. The van der Waals surface area contributed by atoms with Gasteiger partial charge in [0.2, 0.25) is 0 Å². The van der Waals surface area contributed by atoms with Gasteiger partial charge >= 0.3 is 0 Å². The molecule has 0 fully saturated rings. The standard InChI is InChI=1S/C54H35N3/c1-4-14-40(15-5-1)55-50-23-13-11-21-44(50)46-32-36(25-29-51(46)55)37-26-30-52-47(33-37)48-34-38(27-31-53(48)56(52)41-16-6-2-7-17-41)39-24-28-45-43-20-10-12-22-49(43)57(54(45)35-39)42-18-8-3-9-19-42/h1-35H. The Kier molecular flexibility index (Phi) is 6.93. The minimum atomic E-state index is 1.15. The zero-order valence-electron chi connectivity index (χ0n) is 31.0. The van der Waals surface area contributed by atoms with Crippen molar-refractivity contribution in [2.45, 2.75) is 0 Å². The van der Waals surface area contributed by atoms with Gasteiger partial charge in [-0.25, -0.2) is 0 Å². The molecule has 12 rings (SSSR count). The lowest BCUT2D eigenvalue weighted by Gasteiger charge is -2.10. The van der Waals surface area contributed by atoms with Crippen molar-refractivity contribution in [2.75, 3.05) is 0 Å². The average Bonchev–Trinajstić information content (AvgIpc) is 3.92. The Morgan fingerprint density at radius 2 is 0.491 bits per heavy atom. The molecule has 0 N–H and O–H groups in total. The van der Waals surface area contributed by atoms with E-state index in [1.807, 2.05) is 0 Å². The van der Waals surface area contributed by atoms with Crippen LogP contribution >= 0.6 is 0 Å². The summed E-state index contributed by atoms with van der Waals surface area (Å²) in [5, 5.41) is 7.50. The summed E-state index contributed by atoms with van der Waals surface area (Å²) in [5.74, 6) is 0. The van der Waals surface area contributed by atoms with E-state index in [1.54, 1.807) is 0 Å². The lowest BCUT2D eigenvalue weighted by Crippen LogP contribution is -1.93. The van der Waals surface area contributed by atoms with Crippen molar-refractivity contribution in [2.24, 2.45) is 0 Å². The number of hydrogen-bond acceptors (Lipinski definition) is 0. The van der Waals surface area contributed by atoms with Crippen LogP contribution in [0.5, 0.6) is 0 Å². The first-order chi connectivity index (χ1) is 28.3. The zero-order chi connectivity index (χ0) is 37.5. The molecule has 0 aliphatic carbocycles. The van der Waals surface area contributed by atoms with Crippen molar-refractivity contribution >= 4 is 65.4 Å². The molecule has 3 nitrogen and oxygen atoms in total.